The Morgan fingerprint density at radius 3 is 2.54 bits per heavy atom. The summed E-state index contributed by atoms with van der Waals surface area (Å²) < 4.78 is 4.60. The summed E-state index contributed by atoms with van der Waals surface area (Å²) in [5.74, 6) is -0.319. The zero-order valence-electron chi connectivity index (χ0n) is 7.53. The second-order valence-corrected chi connectivity index (χ2v) is 2.29. The van der Waals surface area contributed by atoms with Crippen molar-refractivity contribution in [2.24, 2.45) is 0 Å². The molecule has 0 aliphatic heterocycles. The second kappa shape index (κ2) is 5.43. The lowest BCUT2D eigenvalue weighted by Gasteiger charge is -2.05. The van der Waals surface area contributed by atoms with E-state index in [9.17, 15) is 4.79 Å². The van der Waals surface area contributed by atoms with E-state index in [1.165, 1.54) is 7.11 Å². The van der Waals surface area contributed by atoms with Crippen LogP contribution in [0, 0.1) is 0 Å². The first-order chi connectivity index (χ1) is 5.79. The van der Waals surface area contributed by atoms with E-state index in [-0.39, 0.29) is 18.4 Å². The van der Waals surface area contributed by atoms with Crippen LogP contribution in [-0.4, -0.2) is 20.1 Å². The Bertz CT molecular complexity index is 289. The zero-order valence-corrected chi connectivity index (χ0v) is 8.35. The highest BCUT2D eigenvalue weighted by atomic mass is 35.5. The molecule has 0 saturated carbocycles. The monoisotopic (exact) mass is 201 g/mol. The fraction of sp³-hybridized carbons (Fsp3) is 0.222. The fourth-order valence-corrected chi connectivity index (χ4v) is 0.989. The summed E-state index contributed by atoms with van der Waals surface area (Å²) in [6.45, 7) is 0. The molecule has 0 unspecified atom stereocenters. The van der Waals surface area contributed by atoms with Crippen molar-refractivity contribution in [2.45, 2.75) is 0 Å². The van der Waals surface area contributed by atoms with Gasteiger partial charge in [-0.25, -0.2) is 4.79 Å². The number of ether oxygens (including phenoxy) is 1. The molecular weight excluding hydrogens is 190 g/mol. The first kappa shape index (κ1) is 11.8. The van der Waals surface area contributed by atoms with Crippen LogP contribution in [0.3, 0.4) is 0 Å². The van der Waals surface area contributed by atoms with Crippen LogP contribution >= 0.6 is 12.4 Å². The van der Waals surface area contributed by atoms with Crippen LogP contribution in [-0.2, 0) is 4.74 Å². The maximum absolute atomic E-state index is 11.1. The topological polar surface area (TPSA) is 38.3 Å². The molecule has 13 heavy (non-hydrogen) atoms. The number of anilines is 1. The summed E-state index contributed by atoms with van der Waals surface area (Å²) in [7, 11) is 3.14. The molecule has 1 aromatic rings. The molecule has 3 nitrogen and oxygen atoms in total. The lowest BCUT2D eigenvalue weighted by atomic mass is 10.2. The van der Waals surface area contributed by atoms with Crippen LogP contribution in [0.2, 0.25) is 0 Å². The van der Waals surface area contributed by atoms with Crippen molar-refractivity contribution in [3.63, 3.8) is 0 Å². The highest BCUT2D eigenvalue weighted by Gasteiger charge is 2.08. The van der Waals surface area contributed by atoms with Crippen LogP contribution in [0.4, 0.5) is 5.69 Å². The molecule has 0 bridgehead atoms. The van der Waals surface area contributed by atoms with Crippen molar-refractivity contribution >= 4 is 24.1 Å². The summed E-state index contributed by atoms with van der Waals surface area (Å²) >= 11 is 0. The Balaban J connectivity index is 0.00000144. The lowest BCUT2D eigenvalue weighted by Crippen LogP contribution is -2.04. The maximum atomic E-state index is 11.1. The van der Waals surface area contributed by atoms with Gasteiger partial charge in [-0.15, -0.1) is 12.4 Å². The number of methoxy groups -OCH3 is 1. The van der Waals surface area contributed by atoms with Crippen molar-refractivity contribution in [1.29, 1.82) is 0 Å². The van der Waals surface area contributed by atoms with Crippen molar-refractivity contribution in [3.05, 3.63) is 29.8 Å². The van der Waals surface area contributed by atoms with Gasteiger partial charge in [0.25, 0.3) is 0 Å². The molecule has 4 heteroatoms. The van der Waals surface area contributed by atoms with Crippen LogP contribution in [0.15, 0.2) is 24.3 Å². The van der Waals surface area contributed by atoms with E-state index < -0.39 is 0 Å². The van der Waals surface area contributed by atoms with Crippen LogP contribution in [0.1, 0.15) is 10.4 Å². The van der Waals surface area contributed by atoms with Gasteiger partial charge in [-0.3, -0.25) is 0 Å². The van der Waals surface area contributed by atoms with Gasteiger partial charge in [0.2, 0.25) is 0 Å². The molecule has 1 rings (SSSR count). The predicted molar refractivity (Wildman–Crippen MR) is 54.6 cm³/mol. The fourth-order valence-electron chi connectivity index (χ4n) is 0.989. The van der Waals surface area contributed by atoms with Gasteiger partial charge < -0.3 is 10.1 Å². The standard InChI is InChI=1S/C9H11NO2.ClH/c1-10-8-6-4-3-5-7(8)9(11)12-2;/h3-6,10H,1-2H3;1H. The third-order valence-electron chi connectivity index (χ3n) is 1.60. The molecule has 0 radical (unpaired) electrons. The van der Waals surface area contributed by atoms with Crippen LogP contribution in [0.25, 0.3) is 0 Å². The number of benzene rings is 1. The zero-order chi connectivity index (χ0) is 8.97. The third-order valence-corrected chi connectivity index (χ3v) is 1.60. The first-order valence-electron chi connectivity index (χ1n) is 3.64. The molecule has 0 atom stereocenters. The van der Waals surface area contributed by atoms with Gasteiger partial charge in [-0.2, -0.15) is 0 Å². The quantitative estimate of drug-likeness (QED) is 0.744. The average Bonchev–Trinajstić information content (AvgIpc) is 2.16. The van der Waals surface area contributed by atoms with E-state index >= 15 is 0 Å². The van der Waals surface area contributed by atoms with Gasteiger partial charge in [0, 0.05) is 12.7 Å². The minimum atomic E-state index is -0.319. The molecular formula is C9H12ClNO2. The van der Waals surface area contributed by atoms with Crippen molar-refractivity contribution in [2.75, 3.05) is 19.5 Å². The van der Waals surface area contributed by atoms with E-state index in [0.717, 1.165) is 5.69 Å². The Kier molecular flexibility index (Phi) is 4.92. The minimum Gasteiger partial charge on any atom is -0.465 e. The Morgan fingerprint density at radius 1 is 1.38 bits per heavy atom. The summed E-state index contributed by atoms with van der Waals surface area (Å²) in [6.07, 6.45) is 0. The van der Waals surface area contributed by atoms with Gasteiger partial charge >= 0.3 is 5.97 Å². The molecule has 0 aliphatic carbocycles. The highest BCUT2D eigenvalue weighted by molar-refractivity contribution is 5.95. The summed E-state index contributed by atoms with van der Waals surface area (Å²) in [5, 5.41) is 2.91. The van der Waals surface area contributed by atoms with Gasteiger partial charge in [0.1, 0.15) is 0 Å². The van der Waals surface area contributed by atoms with Gasteiger partial charge in [-0.1, -0.05) is 12.1 Å². The number of esters is 1. The molecule has 0 heterocycles. The number of hydrogen-bond donors (Lipinski definition) is 1. The predicted octanol–water partition coefficient (Wildman–Crippen LogP) is 1.94. The van der Waals surface area contributed by atoms with Crippen LogP contribution < -0.4 is 5.32 Å². The largest absolute Gasteiger partial charge is 0.465 e. The third kappa shape index (κ3) is 2.63. The van der Waals surface area contributed by atoms with E-state index in [0.29, 0.717) is 5.56 Å². The van der Waals surface area contributed by atoms with Crippen LogP contribution in [0.5, 0.6) is 0 Å². The van der Waals surface area contributed by atoms with E-state index in [1.54, 1.807) is 19.2 Å². The normalized spacial score (nSPS) is 8.46. The molecule has 72 valence electrons. The average molecular weight is 202 g/mol. The van der Waals surface area contributed by atoms with Crippen molar-refractivity contribution in [3.8, 4) is 0 Å². The number of halogens is 1. The Hall–Kier alpha value is -1.22. The molecule has 1 aromatic carbocycles. The van der Waals surface area contributed by atoms with Crippen molar-refractivity contribution < 1.29 is 9.53 Å². The van der Waals surface area contributed by atoms with E-state index in [4.69, 9.17) is 0 Å². The van der Waals surface area contributed by atoms with Crippen molar-refractivity contribution in [1.82, 2.24) is 0 Å². The van der Waals surface area contributed by atoms with E-state index in [2.05, 4.69) is 10.1 Å². The molecule has 0 aliphatic rings. The second-order valence-electron chi connectivity index (χ2n) is 2.29. The maximum Gasteiger partial charge on any atom is 0.339 e. The summed E-state index contributed by atoms with van der Waals surface area (Å²) in [5.41, 5.74) is 1.34. The molecule has 0 aromatic heterocycles. The Labute approximate surface area is 83.5 Å². The number of carbonyl (C=O) groups is 1. The number of para-hydroxylation sites is 1. The molecule has 0 saturated heterocycles. The summed E-state index contributed by atoms with van der Waals surface area (Å²) in [6, 6.07) is 7.20. The molecule has 0 amide bonds. The van der Waals surface area contributed by atoms with Gasteiger partial charge in [0.15, 0.2) is 0 Å². The number of carbonyl (C=O) groups excluding carboxylic acids is 1. The SMILES string of the molecule is CNc1ccccc1C(=O)OC.Cl. The first-order valence-corrected chi connectivity index (χ1v) is 3.64. The number of hydrogen-bond acceptors (Lipinski definition) is 3. The molecule has 0 fully saturated rings. The smallest absolute Gasteiger partial charge is 0.339 e. The summed E-state index contributed by atoms with van der Waals surface area (Å²) in [4.78, 5) is 11.1. The van der Waals surface area contributed by atoms with Gasteiger partial charge in [0.05, 0.1) is 12.7 Å². The number of nitrogens with one attached hydrogen (secondary N) is 1. The lowest BCUT2D eigenvalue weighted by molar-refractivity contribution is 0.0602. The number of rotatable bonds is 2. The molecule has 1 N–H and O–H groups in total. The minimum absolute atomic E-state index is 0. The van der Waals surface area contributed by atoms with E-state index in [1.807, 2.05) is 12.1 Å². The Morgan fingerprint density at radius 2 is 2.00 bits per heavy atom. The van der Waals surface area contributed by atoms with Gasteiger partial charge in [-0.05, 0) is 12.1 Å². The highest BCUT2D eigenvalue weighted by Crippen LogP contribution is 2.14. The molecule has 0 spiro atoms.